The van der Waals surface area contributed by atoms with Crippen LogP contribution in [0.4, 0.5) is 0 Å². The number of carbonyl (C=O) groups is 1. The van der Waals surface area contributed by atoms with Crippen LogP contribution in [0.15, 0.2) is 36.5 Å². The van der Waals surface area contributed by atoms with Gasteiger partial charge in [-0.1, -0.05) is 23.4 Å². The molecule has 8 heteroatoms. The van der Waals surface area contributed by atoms with E-state index in [1.54, 1.807) is 23.0 Å². The Morgan fingerprint density at radius 2 is 2.08 bits per heavy atom. The molecule has 1 aliphatic heterocycles. The molecule has 1 fully saturated rings. The maximum atomic E-state index is 12.0. The van der Waals surface area contributed by atoms with Crippen LogP contribution >= 0.6 is 0 Å². The number of nitrogens with zero attached hydrogens (tertiary/aromatic N) is 3. The van der Waals surface area contributed by atoms with Gasteiger partial charge in [0.2, 0.25) is 0 Å². The van der Waals surface area contributed by atoms with Crippen molar-refractivity contribution in [2.75, 3.05) is 11.5 Å². The minimum absolute atomic E-state index is 0.0807. The molecule has 128 valence electrons. The molecule has 7 nitrogen and oxygen atoms in total. The first-order chi connectivity index (χ1) is 11.5. The van der Waals surface area contributed by atoms with Crippen molar-refractivity contribution in [2.45, 2.75) is 25.9 Å². The van der Waals surface area contributed by atoms with Gasteiger partial charge in [-0.2, -0.15) is 0 Å². The molecular formula is C16H20N4O3S. The van der Waals surface area contributed by atoms with E-state index in [0.29, 0.717) is 24.2 Å². The van der Waals surface area contributed by atoms with Crippen molar-refractivity contribution in [3.8, 4) is 0 Å². The minimum atomic E-state index is -2.92. The minimum Gasteiger partial charge on any atom is -0.346 e. The van der Waals surface area contributed by atoms with Crippen LogP contribution in [0.25, 0.3) is 0 Å². The van der Waals surface area contributed by atoms with E-state index in [1.165, 1.54) is 0 Å². The molecule has 0 bridgehead atoms. The fourth-order valence-corrected chi connectivity index (χ4v) is 4.66. The summed E-state index contributed by atoms with van der Waals surface area (Å²) in [5, 5.41) is 10.9. The number of nitrogens with one attached hydrogen (secondary N) is 1. The average molecular weight is 348 g/mol. The Morgan fingerprint density at radius 1 is 1.29 bits per heavy atom. The predicted octanol–water partition coefficient (Wildman–Crippen LogP) is 1.03. The highest BCUT2D eigenvalue weighted by atomic mass is 32.2. The lowest BCUT2D eigenvalue weighted by Crippen LogP contribution is -2.28. The Labute approximate surface area is 141 Å². The third-order valence-electron chi connectivity index (χ3n) is 4.05. The summed E-state index contributed by atoms with van der Waals surface area (Å²) in [5.74, 6) is 0.422. The van der Waals surface area contributed by atoms with Crippen LogP contribution in [0.3, 0.4) is 0 Å². The van der Waals surface area contributed by atoms with Crippen molar-refractivity contribution in [3.63, 3.8) is 0 Å². The van der Waals surface area contributed by atoms with E-state index in [-0.39, 0.29) is 29.9 Å². The zero-order chi connectivity index (χ0) is 17.0. The Hall–Kier alpha value is -2.22. The molecule has 2 heterocycles. The van der Waals surface area contributed by atoms with Crippen molar-refractivity contribution in [1.82, 2.24) is 20.3 Å². The quantitative estimate of drug-likeness (QED) is 0.871. The van der Waals surface area contributed by atoms with E-state index in [1.807, 2.05) is 18.2 Å². The maximum Gasteiger partial charge on any atom is 0.251 e. The largest absolute Gasteiger partial charge is 0.346 e. The molecule has 1 atom stereocenters. The van der Waals surface area contributed by atoms with Crippen molar-refractivity contribution in [2.24, 2.45) is 5.92 Å². The van der Waals surface area contributed by atoms with Crippen molar-refractivity contribution >= 4 is 15.7 Å². The summed E-state index contributed by atoms with van der Waals surface area (Å²) in [6.45, 7) is 0.829. The summed E-state index contributed by atoms with van der Waals surface area (Å²) in [5.41, 5.74) is 1.25. The van der Waals surface area contributed by atoms with Crippen LogP contribution in [-0.4, -0.2) is 40.8 Å². The molecule has 1 saturated heterocycles. The van der Waals surface area contributed by atoms with Gasteiger partial charge in [0, 0.05) is 12.1 Å². The van der Waals surface area contributed by atoms with Crippen LogP contribution < -0.4 is 5.32 Å². The fraction of sp³-hybridized carbons (Fsp3) is 0.438. The van der Waals surface area contributed by atoms with Crippen LogP contribution in [0.2, 0.25) is 0 Å². The zero-order valence-electron chi connectivity index (χ0n) is 13.3. The average Bonchev–Trinajstić information content (AvgIpc) is 3.00. The number of hydrogen-bond acceptors (Lipinski definition) is 5. The first-order valence-electron chi connectivity index (χ1n) is 7.94. The van der Waals surface area contributed by atoms with E-state index >= 15 is 0 Å². The van der Waals surface area contributed by atoms with Crippen molar-refractivity contribution < 1.29 is 13.2 Å². The van der Waals surface area contributed by atoms with Gasteiger partial charge in [0.05, 0.1) is 24.2 Å². The maximum absolute atomic E-state index is 12.0. The van der Waals surface area contributed by atoms with Gasteiger partial charge in [-0.3, -0.25) is 9.48 Å². The van der Waals surface area contributed by atoms with E-state index < -0.39 is 9.84 Å². The SMILES string of the molecule is O=C(NCc1cn(CC2CCCS(=O)(=O)C2)nn1)c1ccccc1. The smallest absolute Gasteiger partial charge is 0.251 e. The lowest BCUT2D eigenvalue weighted by Gasteiger charge is -2.21. The second-order valence-corrected chi connectivity index (χ2v) is 8.33. The second kappa shape index (κ2) is 7.12. The summed E-state index contributed by atoms with van der Waals surface area (Å²) in [7, 11) is -2.92. The van der Waals surface area contributed by atoms with Gasteiger partial charge in [0.1, 0.15) is 5.69 Å². The van der Waals surface area contributed by atoms with E-state index in [9.17, 15) is 13.2 Å². The van der Waals surface area contributed by atoms with E-state index in [0.717, 1.165) is 6.42 Å². The summed E-state index contributed by atoms with van der Waals surface area (Å²) in [6.07, 6.45) is 3.35. The molecule has 1 amide bonds. The standard InChI is InChI=1S/C16H20N4O3S/c21-16(14-6-2-1-3-7-14)17-9-15-11-20(19-18-15)10-13-5-4-8-24(22,23)12-13/h1-3,6-7,11,13H,4-5,8-10,12H2,(H,17,21). The third-order valence-corrected chi connectivity index (χ3v) is 5.94. The molecule has 3 rings (SSSR count). The number of amides is 1. The predicted molar refractivity (Wildman–Crippen MR) is 89.0 cm³/mol. The zero-order valence-corrected chi connectivity index (χ0v) is 14.1. The number of sulfone groups is 1. The molecule has 0 spiro atoms. The molecule has 1 N–H and O–H groups in total. The summed E-state index contributed by atoms with van der Waals surface area (Å²) in [6, 6.07) is 8.96. The highest BCUT2D eigenvalue weighted by molar-refractivity contribution is 7.91. The molecule has 0 radical (unpaired) electrons. The summed E-state index contributed by atoms with van der Waals surface area (Å²) < 4.78 is 25.0. The third kappa shape index (κ3) is 4.41. The lowest BCUT2D eigenvalue weighted by atomic mass is 10.1. The van der Waals surface area contributed by atoms with Crippen LogP contribution in [0, 0.1) is 5.92 Å². The molecule has 1 unspecified atom stereocenters. The highest BCUT2D eigenvalue weighted by Gasteiger charge is 2.25. The van der Waals surface area contributed by atoms with Gasteiger partial charge in [0.15, 0.2) is 9.84 Å². The molecule has 0 saturated carbocycles. The summed E-state index contributed by atoms with van der Waals surface area (Å²) >= 11 is 0. The molecule has 1 aliphatic rings. The molecule has 1 aromatic heterocycles. The molecular weight excluding hydrogens is 328 g/mol. The molecule has 1 aromatic carbocycles. The monoisotopic (exact) mass is 348 g/mol. The Kier molecular flexibility index (Phi) is 4.94. The molecule has 0 aliphatic carbocycles. The van der Waals surface area contributed by atoms with E-state index in [2.05, 4.69) is 15.6 Å². The topological polar surface area (TPSA) is 94.0 Å². The van der Waals surface area contributed by atoms with Gasteiger partial charge in [0.25, 0.3) is 5.91 Å². The number of benzene rings is 1. The normalized spacial score (nSPS) is 19.8. The van der Waals surface area contributed by atoms with Crippen LogP contribution in [0.5, 0.6) is 0 Å². The Balaban J connectivity index is 1.53. The highest BCUT2D eigenvalue weighted by Crippen LogP contribution is 2.19. The van der Waals surface area contributed by atoms with E-state index in [4.69, 9.17) is 0 Å². The van der Waals surface area contributed by atoms with Crippen molar-refractivity contribution in [1.29, 1.82) is 0 Å². The second-order valence-electron chi connectivity index (χ2n) is 6.10. The van der Waals surface area contributed by atoms with Gasteiger partial charge in [-0.05, 0) is 30.9 Å². The van der Waals surface area contributed by atoms with Crippen molar-refractivity contribution in [3.05, 3.63) is 47.8 Å². The molecule has 2 aromatic rings. The van der Waals surface area contributed by atoms with Gasteiger partial charge < -0.3 is 5.32 Å². The first kappa shape index (κ1) is 16.6. The number of carbonyl (C=O) groups excluding carboxylic acids is 1. The summed E-state index contributed by atoms with van der Waals surface area (Å²) in [4.78, 5) is 12.0. The lowest BCUT2D eigenvalue weighted by molar-refractivity contribution is 0.0950. The number of hydrogen-bond donors (Lipinski definition) is 1. The van der Waals surface area contributed by atoms with Crippen LogP contribution in [-0.2, 0) is 22.9 Å². The molecule has 24 heavy (non-hydrogen) atoms. The fourth-order valence-electron chi connectivity index (χ4n) is 2.90. The number of aromatic nitrogens is 3. The van der Waals surface area contributed by atoms with Crippen LogP contribution in [0.1, 0.15) is 28.9 Å². The Morgan fingerprint density at radius 3 is 2.83 bits per heavy atom. The number of rotatable bonds is 5. The van der Waals surface area contributed by atoms with Gasteiger partial charge in [-0.25, -0.2) is 8.42 Å². The Bertz CT molecular complexity index is 802. The van der Waals surface area contributed by atoms with Gasteiger partial charge >= 0.3 is 0 Å². The van der Waals surface area contributed by atoms with Gasteiger partial charge in [-0.15, -0.1) is 5.10 Å². The first-order valence-corrected chi connectivity index (χ1v) is 9.77.